The Bertz CT molecular complexity index is 1730. The molecule has 0 saturated carbocycles. The van der Waals surface area contributed by atoms with Crippen LogP contribution in [0.2, 0.25) is 25.7 Å². The van der Waals surface area contributed by atoms with E-state index in [0.717, 1.165) is 34.0 Å². The Balaban J connectivity index is 1.54. The predicted octanol–water partition coefficient (Wildman–Crippen LogP) is 9.80. The highest BCUT2D eigenvalue weighted by Crippen LogP contribution is 2.36. The molecule has 4 rings (SSSR count). The lowest BCUT2D eigenvalue weighted by Gasteiger charge is -2.25. The van der Waals surface area contributed by atoms with E-state index in [-0.39, 0.29) is 24.1 Å². The molecule has 10 heteroatoms. The van der Waals surface area contributed by atoms with E-state index in [9.17, 15) is 9.59 Å². The first kappa shape index (κ1) is 41.7. The van der Waals surface area contributed by atoms with Gasteiger partial charge in [0, 0.05) is 8.07 Å². The van der Waals surface area contributed by atoms with E-state index in [1.54, 1.807) is 51.3 Å². The molecule has 0 N–H and O–H groups in total. The molecule has 0 amide bonds. The van der Waals surface area contributed by atoms with Gasteiger partial charge in [0.2, 0.25) is 0 Å². The monoisotopic (exact) mass is 746 g/mol. The Labute approximate surface area is 315 Å². The van der Waals surface area contributed by atoms with E-state index in [4.69, 9.17) is 28.4 Å². The first-order valence-electron chi connectivity index (χ1n) is 18.2. The van der Waals surface area contributed by atoms with Crippen LogP contribution in [0.1, 0.15) is 76.6 Å². The maximum atomic E-state index is 16.3. The second-order valence-corrected chi connectivity index (χ2v) is 20.9. The van der Waals surface area contributed by atoms with Crippen molar-refractivity contribution in [1.29, 1.82) is 0 Å². The summed E-state index contributed by atoms with van der Waals surface area (Å²) in [6.45, 7) is 16.7. The third-order valence-electron chi connectivity index (χ3n) is 8.84. The number of halogens is 1. The van der Waals surface area contributed by atoms with Gasteiger partial charge in [0.15, 0.2) is 11.9 Å². The predicted molar refractivity (Wildman–Crippen MR) is 209 cm³/mol. The van der Waals surface area contributed by atoms with Gasteiger partial charge in [0.05, 0.1) is 43.7 Å². The van der Waals surface area contributed by atoms with Crippen LogP contribution in [0.3, 0.4) is 0 Å². The molecule has 0 aromatic heterocycles. The number of carbonyl (C=O) groups is 2. The van der Waals surface area contributed by atoms with Gasteiger partial charge in [-0.15, -0.1) is 0 Å². The molecule has 53 heavy (non-hydrogen) atoms. The van der Waals surface area contributed by atoms with Crippen LogP contribution in [0.5, 0.6) is 5.75 Å². The maximum absolute atomic E-state index is 16.3. The normalized spacial score (nSPS) is 18.5. The van der Waals surface area contributed by atoms with E-state index < -0.39 is 44.0 Å². The van der Waals surface area contributed by atoms with E-state index in [0.29, 0.717) is 25.2 Å². The Morgan fingerprint density at radius 1 is 0.981 bits per heavy atom. The number of benzene rings is 3. The lowest BCUT2D eigenvalue weighted by molar-refractivity contribution is -0.154. The lowest BCUT2D eigenvalue weighted by atomic mass is 9.97. The first-order valence-corrected chi connectivity index (χ1v) is 21.9. The number of aryl methyl sites for hydroxylation is 2. The van der Waals surface area contributed by atoms with Gasteiger partial charge in [-0.2, -0.15) is 0 Å². The highest BCUT2D eigenvalue weighted by molar-refractivity contribution is 6.76. The van der Waals surface area contributed by atoms with Gasteiger partial charge in [-0.3, -0.25) is 0 Å². The van der Waals surface area contributed by atoms with E-state index in [2.05, 4.69) is 19.6 Å². The molecule has 3 aromatic carbocycles. The molecule has 1 fully saturated rings. The Hall–Kier alpha value is -4.09. The topological polar surface area (TPSA) is 89.5 Å². The van der Waals surface area contributed by atoms with Crippen molar-refractivity contribution in [1.82, 2.24) is 0 Å². The SMILES string of the molecule is COc1ccc(COC(C)C/C=C(/F)C(OC(=O)c2ccccc2)C2OC(C)(C)O[C@H]2C/C=C/c2cc(C)cc(C)c2C(=O)OCC[Si](C)(C)C)cc1. The molecule has 286 valence electrons. The molecular formula is C43H55FO8Si. The zero-order valence-electron chi connectivity index (χ0n) is 32.6. The number of hydrogen-bond acceptors (Lipinski definition) is 8. The fraction of sp³-hybridized carbons (Fsp3) is 0.442. The van der Waals surface area contributed by atoms with Crippen LogP contribution in [0.25, 0.3) is 6.08 Å². The minimum atomic E-state index is -1.39. The van der Waals surface area contributed by atoms with Crippen LogP contribution in [-0.4, -0.2) is 63.9 Å². The van der Waals surface area contributed by atoms with Crippen LogP contribution in [0.15, 0.2) is 84.7 Å². The van der Waals surface area contributed by atoms with E-state index >= 15 is 4.39 Å². The van der Waals surface area contributed by atoms with E-state index in [1.807, 2.05) is 69.3 Å². The van der Waals surface area contributed by atoms with Gasteiger partial charge in [-0.1, -0.05) is 79.8 Å². The molecule has 0 bridgehead atoms. The summed E-state index contributed by atoms with van der Waals surface area (Å²) in [6.07, 6.45) is 2.26. The van der Waals surface area contributed by atoms with Gasteiger partial charge < -0.3 is 28.4 Å². The lowest BCUT2D eigenvalue weighted by Crippen LogP contribution is -2.39. The van der Waals surface area contributed by atoms with Crippen LogP contribution in [0, 0.1) is 13.8 Å². The Kier molecular flexibility index (Phi) is 14.8. The average Bonchev–Trinajstić information content (AvgIpc) is 3.41. The first-order chi connectivity index (χ1) is 25.0. The summed E-state index contributed by atoms with van der Waals surface area (Å²) in [4.78, 5) is 26.6. The Morgan fingerprint density at radius 3 is 2.34 bits per heavy atom. The maximum Gasteiger partial charge on any atom is 0.338 e. The second-order valence-electron chi connectivity index (χ2n) is 15.3. The molecule has 8 nitrogen and oxygen atoms in total. The molecule has 1 aliphatic heterocycles. The molecule has 3 aromatic rings. The van der Waals surface area contributed by atoms with E-state index in [1.165, 1.54) is 6.08 Å². The number of ether oxygens (including phenoxy) is 6. The van der Waals surface area contributed by atoms with Gasteiger partial charge in [0.25, 0.3) is 0 Å². The fourth-order valence-corrected chi connectivity index (χ4v) is 6.74. The molecule has 4 atom stereocenters. The van der Waals surface area contributed by atoms with Crippen molar-refractivity contribution < 1.29 is 42.4 Å². The van der Waals surface area contributed by atoms with Crippen molar-refractivity contribution in [2.24, 2.45) is 0 Å². The molecular weight excluding hydrogens is 692 g/mol. The zero-order valence-corrected chi connectivity index (χ0v) is 33.6. The summed E-state index contributed by atoms with van der Waals surface area (Å²) in [5, 5.41) is 0. The van der Waals surface area contributed by atoms with Crippen LogP contribution in [-0.2, 0) is 30.3 Å². The molecule has 1 heterocycles. The quantitative estimate of drug-likeness (QED) is 0.0997. The second kappa shape index (κ2) is 18.8. The number of esters is 2. The molecule has 1 aliphatic rings. The summed E-state index contributed by atoms with van der Waals surface area (Å²) in [7, 11) is 0.228. The van der Waals surface area contributed by atoms with Crippen molar-refractivity contribution >= 4 is 26.1 Å². The average molecular weight is 747 g/mol. The summed E-state index contributed by atoms with van der Waals surface area (Å²) in [5.41, 5.74) is 4.30. The van der Waals surface area contributed by atoms with Crippen molar-refractivity contribution in [3.8, 4) is 5.75 Å². The largest absolute Gasteiger partial charge is 0.497 e. The zero-order chi connectivity index (χ0) is 38.8. The van der Waals surface area contributed by atoms with Crippen LogP contribution in [0.4, 0.5) is 4.39 Å². The van der Waals surface area contributed by atoms with Crippen molar-refractivity contribution in [3.05, 3.63) is 118 Å². The number of rotatable bonds is 17. The van der Waals surface area contributed by atoms with Crippen molar-refractivity contribution in [3.63, 3.8) is 0 Å². The van der Waals surface area contributed by atoms with Gasteiger partial charge in [-0.05, 0) is 101 Å². The molecule has 0 radical (unpaired) electrons. The Morgan fingerprint density at radius 2 is 1.68 bits per heavy atom. The summed E-state index contributed by atoms with van der Waals surface area (Å²) < 4.78 is 51.7. The molecule has 0 aliphatic carbocycles. The third-order valence-corrected chi connectivity index (χ3v) is 10.5. The van der Waals surface area contributed by atoms with Crippen LogP contribution >= 0.6 is 0 Å². The minimum Gasteiger partial charge on any atom is -0.497 e. The van der Waals surface area contributed by atoms with Gasteiger partial charge in [0.1, 0.15) is 17.7 Å². The van der Waals surface area contributed by atoms with Crippen LogP contribution < -0.4 is 4.74 Å². The molecule has 0 spiro atoms. The summed E-state index contributed by atoms with van der Waals surface area (Å²) in [5.74, 6) is -2.03. The fourth-order valence-electron chi connectivity index (χ4n) is 6.02. The highest BCUT2D eigenvalue weighted by Gasteiger charge is 2.47. The van der Waals surface area contributed by atoms with Crippen molar-refractivity contribution in [2.45, 2.75) is 110 Å². The number of methoxy groups -OCH3 is 1. The standard InChI is InChI=1S/C43H55FO8Si/c1-29-26-30(2)38(42(46)48-24-25-53(7,8)9)34(27-29)16-13-17-37-40(52-43(4,5)51-37)39(50-41(45)33-14-11-10-12-15-33)36(44)23-18-31(3)49-28-32-19-21-35(47-6)22-20-32/h10-16,19-23,26-27,31,37,39-40H,17-18,24-25,28H2,1-9H3/b16-13+,36-23+/t31?,37-,39?,40?/m0/s1. The van der Waals surface area contributed by atoms with Gasteiger partial charge >= 0.3 is 11.9 Å². The molecule has 1 saturated heterocycles. The molecule has 3 unspecified atom stereocenters. The van der Waals surface area contributed by atoms with Gasteiger partial charge in [-0.25, -0.2) is 14.0 Å². The van der Waals surface area contributed by atoms with Crippen molar-refractivity contribution in [2.75, 3.05) is 13.7 Å². The summed E-state index contributed by atoms with van der Waals surface area (Å²) in [6, 6.07) is 20.8. The number of carbonyl (C=O) groups excluding carboxylic acids is 2. The smallest absolute Gasteiger partial charge is 0.338 e. The summed E-state index contributed by atoms with van der Waals surface area (Å²) >= 11 is 0. The highest BCUT2D eigenvalue weighted by atomic mass is 28.3. The third kappa shape index (κ3) is 12.8. The minimum absolute atomic E-state index is 0.229. The number of hydrogen-bond donors (Lipinski definition) is 0.